The molecule has 0 saturated heterocycles. The molecule has 100 valence electrons. The van der Waals surface area contributed by atoms with E-state index in [4.69, 9.17) is 5.11 Å². The Balaban J connectivity index is 3.27. The van der Waals surface area contributed by atoms with Crippen LogP contribution in [0.3, 0.4) is 0 Å². The minimum atomic E-state index is -3.72. The maximum atomic E-state index is 12.0. The lowest BCUT2D eigenvalue weighted by atomic mass is 10.1. The van der Waals surface area contributed by atoms with Gasteiger partial charge in [-0.15, -0.1) is 0 Å². The Labute approximate surface area is 114 Å². The van der Waals surface area contributed by atoms with Gasteiger partial charge in [-0.25, -0.2) is 17.9 Å². The third kappa shape index (κ3) is 3.79. The highest BCUT2D eigenvalue weighted by molar-refractivity contribution is 9.10. The zero-order valence-corrected chi connectivity index (χ0v) is 12.6. The normalized spacial score (nSPS) is 12.4. The molecule has 0 heterocycles. The summed E-state index contributed by atoms with van der Waals surface area (Å²) in [4.78, 5) is 10.9. The zero-order valence-electron chi connectivity index (χ0n) is 10.2. The number of benzene rings is 1. The molecule has 0 fully saturated rings. The van der Waals surface area contributed by atoms with Crippen molar-refractivity contribution in [3.05, 3.63) is 28.2 Å². The highest BCUT2D eigenvalue weighted by Gasteiger charge is 2.23. The first-order valence-corrected chi connectivity index (χ1v) is 7.37. The second-order valence-corrected chi connectivity index (χ2v) is 7.34. The molecule has 0 atom stereocenters. The van der Waals surface area contributed by atoms with Crippen molar-refractivity contribution in [3.63, 3.8) is 0 Å². The van der Waals surface area contributed by atoms with E-state index < -0.39 is 21.5 Å². The van der Waals surface area contributed by atoms with Crippen LogP contribution in [0.4, 0.5) is 0 Å². The van der Waals surface area contributed by atoms with Gasteiger partial charge in [0, 0.05) is 10.0 Å². The predicted molar refractivity (Wildman–Crippen MR) is 71.2 cm³/mol. The molecule has 2 N–H and O–H groups in total. The number of rotatable bonds is 3. The van der Waals surface area contributed by atoms with Crippen LogP contribution in [-0.4, -0.2) is 25.0 Å². The molecule has 1 aromatic carbocycles. The van der Waals surface area contributed by atoms with E-state index in [9.17, 15) is 13.2 Å². The molecule has 0 aliphatic rings. The van der Waals surface area contributed by atoms with Gasteiger partial charge in [-0.3, -0.25) is 0 Å². The summed E-state index contributed by atoms with van der Waals surface area (Å²) in [6.07, 6.45) is 0. The number of halogens is 1. The number of sulfonamides is 1. The molecule has 1 rings (SSSR count). The highest BCUT2D eigenvalue weighted by Crippen LogP contribution is 2.21. The summed E-state index contributed by atoms with van der Waals surface area (Å²) in [6.45, 7) is 5.13. The van der Waals surface area contributed by atoms with Crippen LogP contribution < -0.4 is 4.72 Å². The second-order valence-electron chi connectivity index (χ2n) is 4.80. The van der Waals surface area contributed by atoms with Crippen LogP contribution in [0.2, 0.25) is 0 Å². The monoisotopic (exact) mass is 335 g/mol. The molecule has 1 aromatic rings. The summed E-state index contributed by atoms with van der Waals surface area (Å²) in [6, 6.07) is 3.88. The number of nitrogens with one attached hydrogen (secondary N) is 1. The number of hydrogen-bond acceptors (Lipinski definition) is 3. The Hall–Kier alpha value is -0.920. The van der Waals surface area contributed by atoms with Crippen LogP contribution in [0.25, 0.3) is 0 Å². The van der Waals surface area contributed by atoms with E-state index in [0.717, 1.165) is 6.07 Å². The molecular formula is C11H14BrNO4S. The third-order valence-corrected chi connectivity index (χ3v) is 4.37. The van der Waals surface area contributed by atoms with E-state index in [1.807, 2.05) is 0 Å². The van der Waals surface area contributed by atoms with Gasteiger partial charge < -0.3 is 5.11 Å². The van der Waals surface area contributed by atoms with Gasteiger partial charge in [0.15, 0.2) is 0 Å². The highest BCUT2D eigenvalue weighted by atomic mass is 79.9. The molecule has 0 aliphatic carbocycles. The maximum absolute atomic E-state index is 12.0. The second kappa shape index (κ2) is 4.99. The fraction of sp³-hybridized carbons (Fsp3) is 0.364. The molecule has 0 spiro atoms. The average Bonchev–Trinajstić information content (AvgIpc) is 2.13. The first kappa shape index (κ1) is 15.1. The summed E-state index contributed by atoms with van der Waals surface area (Å²) in [5.74, 6) is -1.19. The summed E-state index contributed by atoms with van der Waals surface area (Å²) in [5, 5.41) is 8.94. The van der Waals surface area contributed by atoms with Crippen LogP contribution in [-0.2, 0) is 10.0 Å². The topological polar surface area (TPSA) is 83.5 Å². The van der Waals surface area contributed by atoms with Gasteiger partial charge in [0.05, 0.1) is 10.5 Å². The van der Waals surface area contributed by atoms with Crippen LogP contribution in [0.5, 0.6) is 0 Å². The summed E-state index contributed by atoms with van der Waals surface area (Å²) in [5.41, 5.74) is -0.721. The summed E-state index contributed by atoms with van der Waals surface area (Å²) < 4.78 is 26.8. The van der Waals surface area contributed by atoms with Crippen molar-refractivity contribution in [1.29, 1.82) is 0 Å². The van der Waals surface area contributed by atoms with Gasteiger partial charge in [0.25, 0.3) is 0 Å². The molecule has 0 aliphatic heterocycles. The number of hydrogen-bond donors (Lipinski definition) is 2. The Morgan fingerprint density at radius 3 is 2.33 bits per heavy atom. The molecule has 0 amide bonds. The lowest BCUT2D eigenvalue weighted by molar-refractivity contribution is 0.0695. The van der Waals surface area contributed by atoms with Crippen molar-refractivity contribution in [2.45, 2.75) is 31.2 Å². The first-order chi connectivity index (χ1) is 8.03. The molecule has 7 heteroatoms. The number of aromatic carboxylic acids is 1. The predicted octanol–water partition coefficient (Wildman–Crippen LogP) is 2.22. The molecule has 5 nitrogen and oxygen atoms in total. The quantitative estimate of drug-likeness (QED) is 0.887. The standard InChI is InChI=1S/C11H14BrNO4S/c1-11(2,3)13-18(16,17)7-4-5-9(12)8(6-7)10(14)15/h4-6,13H,1-3H3,(H,14,15). The van der Waals surface area contributed by atoms with E-state index in [0.29, 0.717) is 4.47 Å². The van der Waals surface area contributed by atoms with Crippen LogP contribution in [0.15, 0.2) is 27.6 Å². The fourth-order valence-corrected chi connectivity index (χ4v) is 3.16. The molecule has 0 radical (unpaired) electrons. The van der Waals surface area contributed by atoms with E-state index >= 15 is 0 Å². The third-order valence-electron chi connectivity index (χ3n) is 1.92. The van der Waals surface area contributed by atoms with E-state index in [2.05, 4.69) is 20.7 Å². The SMILES string of the molecule is CC(C)(C)NS(=O)(=O)c1ccc(Br)c(C(=O)O)c1. The van der Waals surface area contributed by atoms with Crippen LogP contribution >= 0.6 is 15.9 Å². The molecule has 0 unspecified atom stereocenters. The van der Waals surface area contributed by atoms with Crippen molar-refractivity contribution in [1.82, 2.24) is 4.72 Å². The van der Waals surface area contributed by atoms with E-state index in [1.54, 1.807) is 20.8 Å². The molecule has 18 heavy (non-hydrogen) atoms. The molecule has 0 saturated carbocycles. The lowest BCUT2D eigenvalue weighted by Crippen LogP contribution is -2.40. The Kier molecular flexibility index (Phi) is 4.19. The maximum Gasteiger partial charge on any atom is 0.336 e. The van der Waals surface area contributed by atoms with Gasteiger partial charge in [-0.1, -0.05) is 0 Å². The van der Waals surface area contributed by atoms with Crippen molar-refractivity contribution in [2.75, 3.05) is 0 Å². The van der Waals surface area contributed by atoms with Gasteiger partial charge in [0.2, 0.25) is 10.0 Å². The smallest absolute Gasteiger partial charge is 0.336 e. The average molecular weight is 336 g/mol. The van der Waals surface area contributed by atoms with Gasteiger partial charge in [-0.05, 0) is 54.9 Å². The Morgan fingerprint density at radius 1 is 1.33 bits per heavy atom. The molecule has 0 aromatic heterocycles. The fourth-order valence-electron chi connectivity index (χ4n) is 1.30. The van der Waals surface area contributed by atoms with Gasteiger partial charge in [-0.2, -0.15) is 0 Å². The summed E-state index contributed by atoms with van der Waals surface area (Å²) in [7, 11) is -3.72. The number of carboxylic acids is 1. The summed E-state index contributed by atoms with van der Waals surface area (Å²) >= 11 is 3.06. The van der Waals surface area contributed by atoms with Gasteiger partial charge in [0.1, 0.15) is 0 Å². The van der Waals surface area contributed by atoms with Crippen molar-refractivity contribution >= 4 is 31.9 Å². The molecule has 0 bridgehead atoms. The number of carbonyl (C=O) groups is 1. The minimum absolute atomic E-state index is 0.0713. The van der Waals surface area contributed by atoms with E-state index in [-0.39, 0.29) is 10.5 Å². The first-order valence-electron chi connectivity index (χ1n) is 5.10. The van der Waals surface area contributed by atoms with Crippen LogP contribution in [0, 0.1) is 0 Å². The van der Waals surface area contributed by atoms with Crippen molar-refractivity contribution in [3.8, 4) is 0 Å². The molecular weight excluding hydrogens is 322 g/mol. The Morgan fingerprint density at radius 2 is 1.89 bits per heavy atom. The van der Waals surface area contributed by atoms with Crippen LogP contribution in [0.1, 0.15) is 31.1 Å². The van der Waals surface area contributed by atoms with Gasteiger partial charge >= 0.3 is 5.97 Å². The zero-order chi connectivity index (χ0) is 14.1. The number of carboxylic acid groups (broad SMARTS) is 1. The van der Waals surface area contributed by atoms with Crippen molar-refractivity contribution < 1.29 is 18.3 Å². The van der Waals surface area contributed by atoms with Crippen molar-refractivity contribution in [2.24, 2.45) is 0 Å². The minimum Gasteiger partial charge on any atom is -0.478 e. The van der Waals surface area contributed by atoms with E-state index in [1.165, 1.54) is 12.1 Å². The largest absolute Gasteiger partial charge is 0.478 e. The Bertz CT molecular complexity index is 575. The lowest BCUT2D eigenvalue weighted by Gasteiger charge is -2.20.